The highest BCUT2D eigenvalue weighted by atomic mass is 16.2. The number of nitrogens with two attached hydrogens (primary N) is 1. The Kier molecular flexibility index (Phi) is 2.44. The Bertz CT molecular complexity index is 325. The first kappa shape index (κ1) is 10.1. The maximum Gasteiger partial charge on any atom is 0.331 e. The summed E-state index contributed by atoms with van der Waals surface area (Å²) in [6.45, 7) is 0.260. The number of nitrogens with one attached hydrogen (secondary N) is 1. The number of amides is 4. The van der Waals surface area contributed by atoms with E-state index >= 15 is 0 Å². The normalized spacial score (nSPS) is 26.9. The Morgan fingerprint density at radius 2 is 2.00 bits per heavy atom. The van der Waals surface area contributed by atoms with E-state index in [0.29, 0.717) is 6.42 Å². The zero-order valence-electron chi connectivity index (χ0n) is 8.23. The number of barbiturate groups is 1. The van der Waals surface area contributed by atoms with Crippen molar-refractivity contribution in [2.75, 3.05) is 6.54 Å². The molecule has 1 aliphatic carbocycles. The van der Waals surface area contributed by atoms with Crippen molar-refractivity contribution in [1.82, 2.24) is 10.2 Å². The number of imide groups is 2. The fraction of sp³-hybridized carbons (Fsp3) is 0.667. The lowest BCUT2D eigenvalue weighted by Gasteiger charge is -2.29. The molecule has 1 saturated heterocycles. The van der Waals surface area contributed by atoms with Gasteiger partial charge in [0.15, 0.2) is 0 Å². The standard InChI is InChI=1S/C9H13N3O3/c10-4-3-6-7(13)11-9(15)12(8(6)14)5-1-2-5/h5-6H,1-4,10H2,(H,11,13,15). The maximum absolute atomic E-state index is 11.8. The van der Waals surface area contributed by atoms with Crippen LogP contribution < -0.4 is 11.1 Å². The molecular weight excluding hydrogens is 198 g/mol. The van der Waals surface area contributed by atoms with Crippen molar-refractivity contribution in [2.24, 2.45) is 11.7 Å². The maximum atomic E-state index is 11.8. The van der Waals surface area contributed by atoms with E-state index in [9.17, 15) is 14.4 Å². The van der Waals surface area contributed by atoms with E-state index in [1.165, 1.54) is 4.90 Å². The van der Waals surface area contributed by atoms with Crippen molar-refractivity contribution in [2.45, 2.75) is 25.3 Å². The average Bonchev–Trinajstić information content (AvgIpc) is 2.96. The first-order valence-corrected chi connectivity index (χ1v) is 5.03. The van der Waals surface area contributed by atoms with E-state index in [2.05, 4.69) is 5.32 Å². The van der Waals surface area contributed by atoms with Gasteiger partial charge >= 0.3 is 6.03 Å². The van der Waals surface area contributed by atoms with Gasteiger partial charge in [-0.1, -0.05) is 0 Å². The minimum atomic E-state index is -0.784. The third-order valence-electron chi connectivity index (χ3n) is 2.67. The van der Waals surface area contributed by atoms with Crippen LogP contribution >= 0.6 is 0 Å². The van der Waals surface area contributed by atoms with Crippen LogP contribution in [-0.2, 0) is 9.59 Å². The summed E-state index contributed by atoms with van der Waals surface area (Å²) in [5.74, 6) is -1.70. The predicted octanol–water partition coefficient (Wildman–Crippen LogP) is -0.808. The minimum Gasteiger partial charge on any atom is -0.330 e. The zero-order chi connectivity index (χ0) is 11.0. The summed E-state index contributed by atoms with van der Waals surface area (Å²) in [6.07, 6.45) is 1.96. The molecule has 3 N–H and O–H groups in total. The fourth-order valence-corrected chi connectivity index (χ4v) is 1.73. The minimum absolute atomic E-state index is 0.00845. The molecule has 4 amide bonds. The second-order valence-electron chi connectivity index (χ2n) is 3.86. The molecule has 15 heavy (non-hydrogen) atoms. The number of urea groups is 1. The Labute approximate surface area is 86.8 Å². The van der Waals surface area contributed by atoms with Gasteiger partial charge in [0.1, 0.15) is 5.92 Å². The van der Waals surface area contributed by atoms with Gasteiger partial charge in [0.05, 0.1) is 0 Å². The van der Waals surface area contributed by atoms with Crippen LogP contribution in [0.2, 0.25) is 0 Å². The van der Waals surface area contributed by atoms with Crippen LogP contribution in [-0.4, -0.2) is 35.3 Å². The lowest BCUT2D eigenvalue weighted by molar-refractivity contribution is -0.143. The summed E-state index contributed by atoms with van der Waals surface area (Å²) in [5.41, 5.74) is 5.32. The molecule has 1 saturated carbocycles. The molecule has 82 valence electrons. The van der Waals surface area contributed by atoms with Gasteiger partial charge < -0.3 is 5.73 Å². The van der Waals surface area contributed by atoms with Crippen LogP contribution in [0.25, 0.3) is 0 Å². The lowest BCUT2D eigenvalue weighted by Crippen LogP contribution is -2.58. The lowest BCUT2D eigenvalue weighted by atomic mass is 10.0. The van der Waals surface area contributed by atoms with Gasteiger partial charge in [0, 0.05) is 6.04 Å². The largest absolute Gasteiger partial charge is 0.331 e. The van der Waals surface area contributed by atoms with Crippen molar-refractivity contribution in [3.63, 3.8) is 0 Å². The molecule has 1 aliphatic heterocycles. The van der Waals surface area contributed by atoms with Crippen LogP contribution in [0.4, 0.5) is 4.79 Å². The summed E-state index contributed by atoms with van der Waals surface area (Å²) >= 11 is 0. The smallest absolute Gasteiger partial charge is 0.330 e. The average molecular weight is 211 g/mol. The van der Waals surface area contributed by atoms with Gasteiger partial charge in [-0.15, -0.1) is 0 Å². The van der Waals surface area contributed by atoms with Gasteiger partial charge in [0.25, 0.3) is 0 Å². The molecule has 0 spiro atoms. The fourth-order valence-electron chi connectivity index (χ4n) is 1.73. The Morgan fingerprint density at radius 3 is 2.53 bits per heavy atom. The first-order chi connectivity index (χ1) is 7.15. The third kappa shape index (κ3) is 1.72. The topological polar surface area (TPSA) is 92.5 Å². The van der Waals surface area contributed by atoms with E-state index in [0.717, 1.165) is 12.8 Å². The van der Waals surface area contributed by atoms with Crippen molar-refractivity contribution in [3.05, 3.63) is 0 Å². The highest BCUT2D eigenvalue weighted by molar-refractivity contribution is 6.16. The van der Waals surface area contributed by atoms with E-state index in [4.69, 9.17) is 5.73 Å². The Hall–Kier alpha value is -1.43. The summed E-state index contributed by atoms with van der Waals surface area (Å²) in [4.78, 5) is 35.7. The number of rotatable bonds is 3. The molecule has 2 rings (SSSR count). The monoisotopic (exact) mass is 211 g/mol. The highest BCUT2D eigenvalue weighted by Gasteiger charge is 2.46. The summed E-state index contributed by atoms with van der Waals surface area (Å²) in [7, 11) is 0. The number of nitrogens with zero attached hydrogens (tertiary/aromatic N) is 1. The number of hydrogen-bond donors (Lipinski definition) is 2. The summed E-state index contributed by atoms with van der Waals surface area (Å²) < 4.78 is 0. The van der Waals surface area contributed by atoms with Crippen molar-refractivity contribution >= 4 is 17.8 Å². The van der Waals surface area contributed by atoms with E-state index in [-0.39, 0.29) is 12.6 Å². The quantitative estimate of drug-likeness (QED) is 0.597. The molecular formula is C9H13N3O3. The van der Waals surface area contributed by atoms with E-state index < -0.39 is 23.8 Å². The van der Waals surface area contributed by atoms with Crippen LogP contribution in [0, 0.1) is 5.92 Å². The Balaban J connectivity index is 2.16. The Morgan fingerprint density at radius 1 is 1.33 bits per heavy atom. The summed E-state index contributed by atoms with van der Waals surface area (Å²) in [6, 6.07) is -0.591. The van der Waals surface area contributed by atoms with Gasteiger partial charge in [-0.05, 0) is 25.8 Å². The number of carbonyl (C=O) groups excluding carboxylic acids is 3. The molecule has 2 fully saturated rings. The SMILES string of the molecule is NCCC1C(=O)NC(=O)N(C2CC2)C1=O. The molecule has 0 bridgehead atoms. The van der Waals surface area contributed by atoms with Crippen molar-refractivity contribution in [3.8, 4) is 0 Å². The van der Waals surface area contributed by atoms with E-state index in [1.807, 2.05) is 0 Å². The third-order valence-corrected chi connectivity index (χ3v) is 2.67. The molecule has 0 aromatic heterocycles. The molecule has 1 unspecified atom stereocenters. The molecule has 0 aromatic carbocycles. The molecule has 6 heteroatoms. The molecule has 1 atom stereocenters. The molecule has 0 aromatic rings. The van der Waals surface area contributed by atoms with Crippen LogP contribution in [0.1, 0.15) is 19.3 Å². The van der Waals surface area contributed by atoms with Crippen molar-refractivity contribution < 1.29 is 14.4 Å². The van der Waals surface area contributed by atoms with Crippen LogP contribution in [0.5, 0.6) is 0 Å². The van der Waals surface area contributed by atoms with Gasteiger partial charge in [0.2, 0.25) is 11.8 Å². The van der Waals surface area contributed by atoms with Crippen LogP contribution in [0.3, 0.4) is 0 Å². The number of carbonyl (C=O) groups is 3. The molecule has 0 radical (unpaired) electrons. The zero-order valence-corrected chi connectivity index (χ0v) is 8.23. The molecule has 1 heterocycles. The highest BCUT2D eigenvalue weighted by Crippen LogP contribution is 2.30. The van der Waals surface area contributed by atoms with Crippen molar-refractivity contribution in [1.29, 1.82) is 0 Å². The molecule has 6 nitrogen and oxygen atoms in total. The summed E-state index contributed by atoms with van der Waals surface area (Å²) in [5, 5.41) is 2.19. The van der Waals surface area contributed by atoms with Gasteiger partial charge in [-0.3, -0.25) is 19.8 Å². The first-order valence-electron chi connectivity index (χ1n) is 5.03. The van der Waals surface area contributed by atoms with E-state index in [1.54, 1.807) is 0 Å². The van der Waals surface area contributed by atoms with Gasteiger partial charge in [-0.25, -0.2) is 4.79 Å². The number of hydrogen-bond acceptors (Lipinski definition) is 4. The second kappa shape index (κ2) is 3.62. The predicted molar refractivity (Wildman–Crippen MR) is 50.6 cm³/mol. The van der Waals surface area contributed by atoms with Gasteiger partial charge in [-0.2, -0.15) is 0 Å². The second-order valence-corrected chi connectivity index (χ2v) is 3.86. The van der Waals surface area contributed by atoms with Crippen LogP contribution in [0.15, 0.2) is 0 Å². The molecule has 2 aliphatic rings.